The fourth-order valence-electron chi connectivity index (χ4n) is 5.11. The number of rotatable bonds is 7. The average Bonchev–Trinajstić information content (AvgIpc) is 3.13. The molecule has 9 heteroatoms. The molecule has 1 aromatic heterocycles. The number of fused-ring (bicyclic) bond motifs is 1. The number of carboxylic acids is 1. The normalized spacial score (nSPS) is 15.6. The van der Waals surface area contributed by atoms with Gasteiger partial charge in [0.25, 0.3) is 0 Å². The number of likely N-dealkylation sites (tertiary alicyclic amines) is 1. The summed E-state index contributed by atoms with van der Waals surface area (Å²) >= 11 is 13.4. The van der Waals surface area contributed by atoms with Crippen LogP contribution < -0.4 is 0 Å². The maximum absolute atomic E-state index is 13.3. The van der Waals surface area contributed by atoms with E-state index in [0.717, 1.165) is 48.1 Å². The molecule has 0 atom stereocenters. The monoisotopic (exact) mass is 540 g/mol. The second-order valence-corrected chi connectivity index (χ2v) is 10.5. The maximum Gasteiger partial charge on any atom is 0.416 e. The molecule has 0 saturated carbocycles. The first kappa shape index (κ1) is 26.8. The number of aromatic nitrogens is 1. The summed E-state index contributed by atoms with van der Waals surface area (Å²) in [6.07, 6.45) is -1.17. The first-order chi connectivity index (χ1) is 16.9. The predicted molar refractivity (Wildman–Crippen MR) is 137 cm³/mol. The molecule has 36 heavy (non-hydrogen) atoms. The molecule has 0 bridgehead atoms. The van der Waals surface area contributed by atoms with Crippen molar-refractivity contribution in [3.63, 3.8) is 0 Å². The molecule has 4 nitrogen and oxygen atoms in total. The van der Waals surface area contributed by atoms with Crippen LogP contribution in [0.25, 0.3) is 10.9 Å². The standard InChI is InChI=1S/C27H29Cl2F3N2O2/c1-16-11-19(27(30,31)32)12-24-21(16)13-20(33(24)2)14-22-23(28)5-4-18(26(22)29)15-34-9-7-17(8-10-34)3-6-25(35)36/h4-5,11-13,17H,3,6-10,14-15H2,1-2H3,(H,35,36). The zero-order valence-electron chi connectivity index (χ0n) is 20.3. The molecule has 4 rings (SSSR count). The number of benzene rings is 2. The number of aliphatic carboxylic acids is 1. The second-order valence-electron chi connectivity index (χ2n) is 9.75. The lowest BCUT2D eigenvalue weighted by molar-refractivity contribution is -0.138. The zero-order chi connectivity index (χ0) is 26.2. The Bertz CT molecular complexity index is 1280. The highest BCUT2D eigenvalue weighted by molar-refractivity contribution is 6.36. The van der Waals surface area contributed by atoms with Crippen LogP contribution in [0, 0.1) is 12.8 Å². The number of halogens is 5. The van der Waals surface area contributed by atoms with Crippen LogP contribution in [0.1, 0.15) is 53.6 Å². The highest BCUT2D eigenvalue weighted by atomic mass is 35.5. The number of piperidine rings is 1. The quantitative estimate of drug-likeness (QED) is 0.337. The highest BCUT2D eigenvalue weighted by Gasteiger charge is 2.31. The largest absolute Gasteiger partial charge is 0.481 e. The summed E-state index contributed by atoms with van der Waals surface area (Å²) < 4.78 is 41.8. The minimum atomic E-state index is -4.41. The van der Waals surface area contributed by atoms with E-state index in [2.05, 4.69) is 4.90 Å². The third-order valence-electron chi connectivity index (χ3n) is 7.29. The minimum absolute atomic E-state index is 0.211. The Morgan fingerprint density at radius 3 is 2.47 bits per heavy atom. The first-order valence-electron chi connectivity index (χ1n) is 12.0. The molecule has 0 aliphatic carbocycles. The maximum atomic E-state index is 13.3. The van der Waals surface area contributed by atoms with Crippen LogP contribution in [0.2, 0.25) is 10.0 Å². The van der Waals surface area contributed by atoms with Crippen molar-refractivity contribution in [2.75, 3.05) is 13.1 Å². The van der Waals surface area contributed by atoms with Gasteiger partial charge in [-0.3, -0.25) is 9.69 Å². The number of aryl methyl sites for hydroxylation is 2. The number of hydrogen-bond acceptors (Lipinski definition) is 2. The Hall–Kier alpha value is -2.22. The molecule has 2 aromatic carbocycles. The van der Waals surface area contributed by atoms with Crippen LogP contribution >= 0.6 is 23.2 Å². The molecule has 0 unspecified atom stereocenters. The highest BCUT2D eigenvalue weighted by Crippen LogP contribution is 2.36. The molecule has 1 aliphatic rings. The van der Waals surface area contributed by atoms with Crippen molar-refractivity contribution in [2.24, 2.45) is 13.0 Å². The van der Waals surface area contributed by atoms with E-state index in [1.165, 1.54) is 12.1 Å². The van der Waals surface area contributed by atoms with Crippen molar-refractivity contribution in [1.82, 2.24) is 9.47 Å². The third-order valence-corrected chi connectivity index (χ3v) is 8.11. The third kappa shape index (κ3) is 5.84. The van der Waals surface area contributed by atoms with Gasteiger partial charge in [0.05, 0.1) is 10.6 Å². The molecule has 0 radical (unpaired) electrons. The lowest BCUT2D eigenvalue weighted by Gasteiger charge is -2.32. The van der Waals surface area contributed by atoms with Crippen molar-refractivity contribution in [3.8, 4) is 0 Å². The summed E-state index contributed by atoms with van der Waals surface area (Å²) in [5.41, 5.74) is 2.96. The van der Waals surface area contributed by atoms with E-state index in [4.69, 9.17) is 28.3 Å². The fraction of sp³-hybridized carbons (Fsp3) is 0.444. The average molecular weight is 541 g/mol. The van der Waals surface area contributed by atoms with Crippen LogP contribution in [0.4, 0.5) is 13.2 Å². The summed E-state index contributed by atoms with van der Waals surface area (Å²) in [7, 11) is 1.76. The van der Waals surface area contributed by atoms with E-state index in [1.54, 1.807) is 18.5 Å². The van der Waals surface area contributed by atoms with Gasteiger partial charge in [-0.1, -0.05) is 29.3 Å². The smallest absolute Gasteiger partial charge is 0.416 e. The molecule has 0 spiro atoms. The van der Waals surface area contributed by atoms with Crippen LogP contribution in [-0.4, -0.2) is 33.6 Å². The fourth-order valence-corrected chi connectivity index (χ4v) is 5.67. The van der Waals surface area contributed by atoms with Gasteiger partial charge in [-0.2, -0.15) is 13.2 Å². The van der Waals surface area contributed by atoms with E-state index in [-0.39, 0.29) is 6.42 Å². The van der Waals surface area contributed by atoms with Gasteiger partial charge in [-0.15, -0.1) is 0 Å². The van der Waals surface area contributed by atoms with Gasteiger partial charge in [-0.25, -0.2) is 0 Å². The summed E-state index contributed by atoms with van der Waals surface area (Å²) in [4.78, 5) is 13.2. The number of carboxylic acid groups (broad SMARTS) is 1. The molecule has 0 amide bonds. The molecule has 1 saturated heterocycles. The molecular formula is C27H29Cl2F3N2O2. The van der Waals surface area contributed by atoms with Gasteiger partial charge < -0.3 is 9.67 Å². The Morgan fingerprint density at radius 2 is 1.83 bits per heavy atom. The van der Waals surface area contributed by atoms with Crippen LogP contribution in [-0.2, 0) is 31.0 Å². The second kappa shape index (κ2) is 10.6. The molecular weight excluding hydrogens is 512 g/mol. The Balaban J connectivity index is 1.54. The van der Waals surface area contributed by atoms with Crippen molar-refractivity contribution in [1.29, 1.82) is 0 Å². The molecule has 1 aliphatic heterocycles. The van der Waals surface area contributed by atoms with E-state index in [1.807, 2.05) is 18.2 Å². The SMILES string of the molecule is Cc1cc(C(F)(F)F)cc2c1cc(Cc1c(Cl)ccc(CN3CCC(CCC(=O)O)CC3)c1Cl)n2C. The van der Waals surface area contributed by atoms with Gasteiger partial charge in [-0.05, 0) is 86.1 Å². The molecule has 194 valence electrons. The van der Waals surface area contributed by atoms with Crippen molar-refractivity contribution < 1.29 is 23.1 Å². The number of nitrogens with zero attached hydrogens (tertiary/aromatic N) is 2. The Morgan fingerprint density at radius 1 is 1.14 bits per heavy atom. The molecule has 3 aromatic rings. The lowest BCUT2D eigenvalue weighted by atomic mass is 9.92. The van der Waals surface area contributed by atoms with Gasteiger partial charge in [0.2, 0.25) is 0 Å². The summed E-state index contributed by atoms with van der Waals surface area (Å²) in [5.74, 6) is -0.318. The van der Waals surface area contributed by atoms with Crippen molar-refractivity contribution in [2.45, 2.75) is 51.7 Å². The minimum Gasteiger partial charge on any atom is -0.481 e. The van der Waals surface area contributed by atoms with Gasteiger partial charge >= 0.3 is 12.1 Å². The van der Waals surface area contributed by atoms with E-state index in [0.29, 0.717) is 46.4 Å². The van der Waals surface area contributed by atoms with E-state index in [9.17, 15) is 18.0 Å². The Kier molecular flexibility index (Phi) is 7.93. The van der Waals surface area contributed by atoms with Gasteiger partial charge in [0.15, 0.2) is 0 Å². The van der Waals surface area contributed by atoms with E-state index < -0.39 is 17.7 Å². The van der Waals surface area contributed by atoms with Crippen molar-refractivity contribution >= 4 is 40.1 Å². The van der Waals surface area contributed by atoms with Crippen LogP contribution in [0.15, 0.2) is 30.3 Å². The van der Waals surface area contributed by atoms with Crippen LogP contribution in [0.3, 0.4) is 0 Å². The Labute approximate surface area is 218 Å². The van der Waals surface area contributed by atoms with Gasteiger partial charge in [0.1, 0.15) is 0 Å². The summed E-state index contributed by atoms with van der Waals surface area (Å²) in [6, 6.07) is 8.02. The van der Waals surface area contributed by atoms with Crippen LogP contribution in [0.5, 0.6) is 0 Å². The van der Waals surface area contributed by atoms with Crippen molar-refractivity contribution in [3.05, 3.63) is 68.3 Å². The lowest BCUT2D eigenvalue weighted by Crippen LogP contribution is -2.33. The topological polar surface area (TPSA) is 45.5 Å². The number of alkyl halides is 3. The predicted octanol–water partition coefficient (Wildman–Crippen LogP) is 7.48. The molecule has 1 fully saturated rings. The summed E-state index contributed by atoms with van der Waals surface area (Å²) in [5, 5.41) is 10.8. The molecule has 1 N–H and O–H groups in total. The number of carbonyl (C=O) groups is 1. The zero-order valence-corrected chi connectivity index (χ0v) is 21.8. The summed E-state index contributed by atoms with van der Waals surface area (Å²) in [6.45, 7) is 4.11. The van der Waals surface area contributed by atoms with Gasteiger partial charge in [0, 0.05) is 48.1 Å². The van der Waals surface area contributed by atoms with E-state index >= 15 is 0 Å². The first-order valence-corrected chi connectivity index (χ1v) is 12.8. The molecule has 2 heterocycles. The number of hydrogen-bond donors (Lipinski definition) is 1.